The molecule has 0 aliphatic heterocycles. The summed E-state index contributed by atoms with van der Waals surface area (Å²) < 4.78 is 5.74. The molecular weight excluding hydrogens is 316 g/mol. The highest BCUT2D eigenvalue weighted by molar-refractivity contribution is 5.83. The summed E-state index contributed by atoms with van der Waals surface area (Å²) in [7, 11) is 0. The van der Waals surface area contributed by atoms with Crippen LogP contribution in [-0.4, -0.2) is 23.7 Å². The van der Waals surface area contributed by atoms with Gasteiger partial charge in [-0.25, -0.2) is 0 Å². The molecule has 0 spiro atoms. The van der Waals surface area contributed by atoms with Crippen LogP contribution in [0.25, 0.3) is 0 Å². The Hall–Kier alpha value is -1.06. The predicted molar refractivity (Wildman–Crippen MR) is 100 cm³/mol. The molecule has 4 nitrogen and oxygen atoms in total. The third-order valence-corrected chi connectivity index (χ3v) is 4.83. The Morgan fingerprint density at radius 2 is 1.40 bits per heavy atom. The fraction of sp³-hybridized carbons (Fsp3) is 0.905. The lowest BCUT2D eigenvalue weighted by atomic mass is 9.64. The normalized spacial score (nSPS) is 17.4. The van der Waals surface area contributed by atoms with Gasteiger partial charge in [-0.2, -0.15) is 0 Å². The van der Waals surface area contributed by atoms with Crippen molar-refractivity contribution < 1.29 is 19.4 Å². The Bertz CT molecular complexity index is 431. The molecule has 1 aliphatic carbocycles. The molecule has 0 unspecified atom stereocenters. The van der Waals surface area contributed by atoms with E-state index in [-0.39, 0.29) is 23.2 Å². The van der Waals surface area contributed by atoms with Crippen LogP contribution in [0.5, 0.6) is 0 Å². The van der Waals surface area contributed by atoms with Crippen molar-refractivity contribution in [1.29, 1.82) is 0 Å². The van der Waals surface area contributed by atoms with E-state index < -0.39 is 11.4 Å². The second-order valence-corrected chi connectivity index (χ2v) is 10.4. The molecular formula is C21H38O4. The van der Waals surface area contributed by atoms with E-state index in [1.165, 1.54) is 19.3 Å². The number of ether oxygens (including phenoxy) is 1. The molecule has 0 heterocycles. The summed E-state index contributed by atoms with van der Waals surface area (Å²) >= 11 is 0. The summed E-state index contributed by atoms with van der Waals surface area (Å²) in [5.41, 5.74) is -1.26. The van der Waals surface area contributed by atoms with E-state index in [1.807, 2.05) is 0 Å². The average Bonchev–Trinajstić information content (AvgIpc) is 2.41. The SMILES string of the molecule is CC(C)(C)CC(CC(=O)O)(CC(C)(C)C)C(=O)OCC1CCCCC1. The Kier molecular flexibility index (Phi) is 7.52. The van der Waals surface area contributed by atoms with Crippen LogP contribution in [0.3, 0.4) is 0 Å². The second-order valence-electron chi connectivity index (χ2n) is 10.4. The number of aliphatic carboxylic acids is 1. The monoisotopic (exact) mass is 354 g/mol. The van der Waals surface area contributed by atoms with Crippen molar-refractivity contribution in [2.24, 2.45) is 22.2 Å². The number of esters is 1. The van der Waals surface area contributed by atoms with Gasteiger partial charge in [-0.1, -0.05) is 60.8 Å². The summed E-state index contributed by atoms with van der Waals surface area (Å²) in [6.07, 6.45) is 6.76. The van der Waals surface area contributed by atoms with Crippen molar-refractivity contribution in [2.75, 3.05) is 6.61 Å². The minimum Gasteiger partial charge on any atom is -0.481 e. The van der Waals surface area contributed by atoms with Gasteiger partial charge in [0.05, 0.1) is 18.4 Å². The quantitative estimate of drug-likeness (QED) is 0.618. The Balaban J connectivity index is 2.98. The Morgan fingerprint density at radius 1 is 0.920 bits per heavy atom. The number of hydrogen-bond donors (Lipinski definition) is 1. The smallest absolute Gasteiger partial charge is 0.312 e. The summed E-state index contributed by atoms with van der Waals surface area (Å²) in [6, 6.07) is 0. The van der Waals surface area contributed by atoms with Gasteiger partial charge in [0.1, 0.15) is 0 Å². The minimum absolute atomic E-state index is 0.148. The Morgan fingerprint density at radius 3 is 1.80 bits per heavy atom. The van der Waals surface area contributed by atoms with Crippen LogP contribution >= 0.6 is 0 Å². The molecule has 0 atom stereocenters. The van der Waals surface area contributed by atoms with Crippen LogP contribution in [0.1, 0.15) is 92.9 Å². The summed E-state index contributed by atoms with van der Waals surface area (Å²) in [5.74, 6) is -0.807. The lowest BCUT2D eigenvalue weighted by Crippen LogP contribution is -2.42. The zero-order valence-electron chi connectivity index (χ0n) is 17.1. The molecule has 25 heavy (non-hydrogen) atoms. The molecule has 1 aliphatic rings. The van der Waals surface area contributed by atoms with Crippen molar-refractivity contribution in [2.45, 2.75) is 92.9 Å². The molecule has 1 fully saturated rings. The van der Waals surface area contributed by atoms with Gasteiger partial charge in [-0.15, -0.1) is 0 Å². The number of hydrogen-bond acceptors (Lipinski definition) is 3. The third-order valence-electron chi connectivity index (χ3n) is 4.83. The zero-order chi connectivity index (χ0) is 19.3. The third kappa shape index (κ3) is 8.24. The maximum absolute atomic E-state index is 13.1. The van der Waals surface area contributed by atoms with Crippen LogP contribution in [0.4, 0.5) is 0 Å². The summed E-state index contributed by atoms with van der Waals surface area (Å²) in [5, 5.41) is 9.50. The topological polar surface area (TPSA) is 63.6 Å². The first-order valence-electron chi connectivity index (χ1n) is 9.72. The van der Waals surface area contributed by atoms with Crippen molar-refractivity contribution in [1.82, 2.24) is 0 Å². The number of carbonyl (C=O) groups excluding carboxylic acids is 1. The fourth-order valence-corrected chi connectivity index (χ4v) is 4.42. The van der Waals surface area contributed by atoms with E-state index in [4.69, 9.17) is 4.74 Å². The highest BCUT2D eigenvalue weighted by atomic mass is 16.5. The average molecular weight is 355 g/mol. The van der Waals surface area contributed by atoms with Crippen LogP contribution in [0, 0.1) is 22.2 Å². The van der Waals surface area contributed by atoms with Crippen LogP contribution in [-0.2, 0) is 14.3 Å². The highest BCUT2D eigenvalue weighted by Crippen LogP contribution is 2.46. The van der Waals surface area contributed by atoms with E-state index >= 15 is 0 Å². The van der Waals surface area contributed by atoms with Crippen molar-refractivity contribution in [3.8, 4) is 0 Å². The molecule has 0 aromatic rings. The first kappa shape index (κ1) is 22.0. The standard InChI is InChI=1S/C21H38O4/c1-19(2,3)14-21(12-17(22)23,15-20(4,5)6)18(24)25-13-16-10-8-7-9-11-16/h16H,7-15H2,1-6H3,(H,22,23). The van der Waals surface area contributed by atoms with Crippen molar-refractivity contribution >= 4 is 11.9 Å². The molecule has 0 aromatic heterocycles. The van der Waals surface area contributed by atoms with Gasteiger partial charge in [0.2, 0.25) is 0 Å². The number of carboxylic acid groups (broad SMARTS) is 1. The van der Waals surface area contributed by atoms with Crippen LogP contribution < -0.4 is 0 Å². The molecule has 146 valence electrons. The lowest BCUT2D eigenvalue weighted by Gasteiger charge is -2.40. The number of carboxylic acids is 1. The van der Waals surface area contributed by atoms with Crippen LogP contribution in [0.15, 0.2) is 0 Å². The van der Waals surface area contributed by atoms with Gasteiger partial charge in [-0.05, 0) is 42.4 Å². The molecule has 4 heteroatoms. The summed E-state index contributed by atoms with van der Waals surface area (Å²) in [4.78, 5) is 24.7. The number of carbonyl (C=O) groups is 2. The van der Waals surface area contributed by atoms with Gasteiger partial charge in [0.15, 0.2) is 0 Å². The van der Waals surface area contributed by atoms with E-state index in [0.29, 0.717) is 25.4 Å². The summed E-state index contributed by atoms with van der Waals surface area (Å²) in [6.45, 7) is 12.8. The van der Waals surface area contributed by atoms with Gasteiger partial charge in [-0.3, -0.25) is 9.59 Å². The molecule has 0 aromatic carbocycles. The molecule has 1 N–H and O–H groups in total. The first-order valence-corrected chi connectivity index (χ1v) is 9.72. The molecule has 0 saturated heterocycles. The maximum atomic E-state index is 13.1. The zero-order valence-corrected chi connectivity index (χ0v) is 17.1. The van der Waals surface area contributed by atoms with E-state index in [9.17, 15) is 14.7 Å². The number of rotatable bonds is 7. The molecule has 0 radical (unpaired) electrons. The van der Waals surface area contributed by atoms with Gasteiger partial charge in [0.25, 0.3) is 0 Å². The molecule has 1 rings (SSSR count). The molecule has 0 bridgehead atoms. The van der Waals surface area contributed by atoms with E-state index in [0.717, 1.165) is 12.8 Å². The van der Waals surface area contributed by atoms with Crippen molar-refractivity contribution in [3.05, 3.63) is 0 Å². The van der Waals surface area contributed by atoms with Gasteiger partial charge < -0.3 is 9.84 Å². The molecule has 0 amide bonds. The second kappa shape index (κ2) is 8.55. The van der Waals surface area contributed by atoms with Gasteiger partial charge in [0, 0.05) is 0 Å². The van der Waals surface area contributed by atoms with Gasteiger partial charge >= 0.3 is 11.9 Å². The largest absolute Gasteiger partial charge is 0.481 e. The fourth-order valence-electron chi connectivity index (χ4n) is 4.42. The lowest BCUT2D eigenvalue weighted by molar-refractivity contribution is -0.167. The minimum atomic E-state index is -0.961. The van der Waals surface area contributed by atoms with Crippen molar-refractivity contribution in [3.63, 3.8) is 0 Å². The molecule has 1 saturated carbocycles. The maximum Gasteiger partial charge on any atom is 0.312 e. The van der Waals surface area contributed by atoms with E-state index in [2.05, 4.69) is 41.5 Å². The Labute approximate surface area is 153 Å². The van der Waals surface area contributed by atoms with Crippen LogP contribution in [0.2, 0.25) is 0 Å². The highest BCUT2D eigenvalue weighted by Gasteiger charge is 2.47. The first-order chi connectivity index (χ1) is 11.3. The predicted octanol–water partition coefficient (Wildman–Crippen LogP) is 5.44. The van der Waals surface area contributed by atoms with E-state index in [1.54, 1.807) is 0 Å².